The van der Waals surface area contributed by atoms with Gasteiger partial charge in [0, 0.05) is 26.2 Å². The van der Waals surface area contributed by atoms with Gasteiger partial charge in [-0.2, -0.15) is 0 Å². The van der Waals surface area contributed by atoms with Crippen LogP contribution in [0.1, 0.15) is 32.1 Å². The van der Waals surface area contributed by atoms with Crippen molar-refractivity contribution >= 4 is 11.9 Å². The van der Waals surface area contributed by atoms with Crippen LogP contribution in [0.2, 0.25) is 0 Å². The molecule has 3 fully saturated rings. The highest BCUT2D eigenvalue weighted by Crippen LogP contribution is 2.36. The predicted octanol–water partition coefficient (Wildman–Crippen LogP) is 0.573. The number of carbonyl (C=O) groups excluding carboxylic acids is 2. The van der Waals surface area contributed by atoms with E-state index in [1.807, 2.05) is 0 Å². The number of morpholine rings is 1. The molecule has 112 valence electrons. The van der Waals surface area contributed by atoms with Crippen LogP contribution >= 0.6 is 0 Å². The fourth-order valence-corrected chi connectivity index (χ4v) is 3.61. The Morgan fingerprint density at radius 3 is 2.45 bits per heavy atom. The Bertz CT molecular complexity index is 387. The largest absolute Gasteiger partial charge is 0.379 e. The number of rotatable bonds is 3. The lowest BCUT2D eigenvalue weighted by atomic mass is 9.80. The van der Waals surface area contributed by atoms with Gasteiger partial charge in [0.05, 0.1) is 13.2 Å². The molecule has 0 radical (unpaired) electrons. The third kappa shape index (κ3) is 2.42. The third-order valence-corrected chi connectivity index (χ3v) is 4.83. The standard InChI is InChI=1S/C14H23N3O3/c18-12-14(4-2-1-3-5-14)17(13(19)15-12)7-6-16-8-10-20-11-9-16/h1-11H2,(H,15,18,19). The van der Waals surface area contributed by atoms with Gasteiger partial charge in [0.25, 0.3) is 5.91 Å². The quantitative estimate of drug-likeness (QED) is 0.768. The average Bonchev–Trinajstić information content (AvgIpc) is 2.70. The summed E-state index contributed by atoms with van der Waals surface area (Å²) in [6.07, 6.45) is 4.87. The molecule has 1 aliphatic carbocycles. The van der Waals surface area contributed by atoms with Crippen LogP contribution < -0.4 is 5.32 Å². The van der Waals surface area contributed by atoms with E-state index < -0.39 is 5.54 Å². The van der Waals surface area contributed by atoms with E-state index in [-0.39, 0.29) is 11.9 Å². The number of nitrogens with zero attached hydrogens (tertiary/aromatic N) is 2. The lowest BCUT2D eigenvalue weighted by Crippen LogP contribution is -2.53. The molecule has 0 unspecified atom stereocenters. The Hall–Kier alpha value is -1.14. The summed E-state index contributed by atoms with van der Waals surface area (Å²) in [4.78, 5) is 28.4. The van der Waals surface area contributed by atoms with Gasteiger partial charge in [-0.05, 0) is 12.8 Å². The van der Waals surface area contributed by atoms with E-state index in [9.17, 15) is 9.59 Å². The molecule has 2 aliphatic heterocycles. The Kier molecular flexibility index (Phi) is 3.94. The van der Waals surface area contributed by atoms with Crippen molar-refractivity contribution in [1.82, 2.24) is 15.1 Å². The summed E-state index contributed by atoms with van der Waals surface area (Å²) in [7, 11) is 0. The lowest BCUT2D eigenvalue weighted by molar-refractivity contribution is -0.128. The molecule has 6 nitrogen and oxygen atoms in total. The van der Waals surface area contributed by atoms with Gasteiger partial charge in [-0.25, -0.2) is 4.79 Å². The molecular weight excluding hydrogens is 258 g/mol. The Morgan fingerprint density at radius 1 is 1.05 bits per heavy atom. The van der Waals surface area contributed by atoms with E-state index >= 15 is 0 Å². The summed E-state index contributed by atoms with van der Waals surface area (Å²) < 4.78 is 5.33. The summed E-state index contributed by atoms with van der Waals surface area (Å²) in [6, 6.07) is -0.204. The summed E-state index contributed by atoms with van der Waals surface area (Å²) in [5.74, 6) is -0.0795. The molecule has 2 heterocycles. The maximum absolute atomic E-state index is 12.2. The van der Waals surface area contributed by atoms with Crippen LogP contribution in [-0.4, -0.2) is 66.7 Å². The molecule has 0 atom stereocenters. The molecule has 3 aliphatic rings. The molecule has 1 saturated carbocycles. The van der Waals surface area contributed by atoms with Crippen LogP contribution in [-0.2, 0) is 9.53 Å². The first kappa shape index (κ1) is 13.8. The number of nitrogens with one attached hydrogen (secondary N) is 1. The highest BCUT2D eigenvalue weighted by atomic mass is 16.5. The number of hydrogen-bond donors (Lipinski definition) is 1. The number of hydrogen-bond acceptors (Lipinski definition) is 4. The molecule has 0 aromatic rings. The second-order valence-corrected chi connectivity index (χ2v) is 5.96. The molecule has 1 N–H and O–H groups in total. The van der Waals surface area contributed by atoms with Crippen LogP contribution in [0.5, 0.6) is 0 Å². The number of carbonyl (C=O) groups is 2. The topological polar surface area (TPSA) is 61.9 Å². The van der Waals surface area contributed by atoms with Crippen LogP contribution in [0, 0.1) is 0 Å². The van der Waals surface area contributed by atoms with E-state index in [1.165, 1.54) is 6.42 Å². The Morgan fingerprint density at radius 2 is 1.75 bits per heavy atom. The minimum atomic E-state index is -0.554. The molecule has 3 amide bonds. The van der Waals surface area contributed by atoms with Crippen molar-refractivity contribution in [3.05, 3.63) is 0 Å². The molecule has 0 aromatic carbocycles. The van der Waals surface area contributed by atoms with Gasteiger partial charge < -0.3 is 9.64 Å². The predicted molar refractivity (Wildman–Crippen MR) is 73.3 cm³/mol. The number of ether oxygens (including phenoxy) is 1. The van der Waals surface area contributed by atoms with Crippen molar-refractivity contribution in [2.45, 2.75) is 37.6 Å². The first-order chi connectivity index (χ1) is 9.72. The van der Waals surface area contributed by atoms with Gasteiger partial charge >= 0.3 is 6.03 Å². The number of imide groups is 1. The summed E-state index contributed by atoms with van der Waals surface area (Å²) in [6.45, 7) is 4.81. The zero-order valence-electron chi connectivity index (χ0n) is 11.9. The lowest BCUT2D eigenvalue weighted by Gasteiger charge is -2.39. The van der Waals surface area contributed by atoms with Gasteiger partial charge in [-0.15, -0.1) is 0 Å². The van der Waals surface area contributed by atoms with Crippen molar-refractivity contribution in [3.8, 4) is 0 Å². The second-order valence-electron chi connectivity index (χ2n) is 5.96. The molecule has 0 aromatic heterocycles. The highest BCUT2D eigenvalue weighted by molar-refractivity contribution is 6.07. The molecule has 0 bridgehead atoms. The molecule has 2 saturated heterocycles. The maximum atomic E-state index is 12.2. The van der Waals surface area contributed by atoms with E-state index in [2.05, 4.69) is 10.2 Å². The van der Waals surface area contributed by atoms with Gasteiger partial charge in [-0.1, -0.05) is 19.3 Å². The molecule has 6 heteroatoms. The third-order valence-electron chi connectivity index (χ3n) is 4.83. The van der Waals surface area contributed by atoms with Crippen molar-refractivity contribution in [2.75, 3.05) is 39.4 Å². The van der Waals surface area contributed by atoms with Crippen LogP contribution in [0.25, 0.3) is 0 Å². The van der Waals surface area contributed by atoms with E-state index in [0.717, 1.165) is 58.5 Å². The molecule has 3 rings (SSSR count). The number of amides is 3. The van der Waals surface area contributed by atoms with Crippen molar-refractivity contribution in [3.63, 3.8) is 0 Å². The zero-order valence-corrected chi connectivity index (χ0v) is 11.9. The monoisotopic (exact) mass is 281 g/mol. The second kappa shape index (κ2) is 5.69. The molecule has 20 heavy (non-hydrogen) atoms. The molecular formula is C14H23N3O3. The normalized spacial score (nSPS) is 27.1. The summed E-state index contributed by atoms with van der Waals surface area (Å²) in [5.41, 5.74) is -0.554. The maximum Gasteiger partial charge on any atom is 0.325 e. The van der Waals surface area contributed by atoms with Crippen LogP contribution in [0.3, 0.4) is 0 Å². The van der Waals surface area contributed by atoms with Crippen molar-refractivity contribution < 1.29 is 14.3 Å². The smallest absolute Gasteiger partial charge is 0.325 e. The van der Waals surface area contributed by atoms with Gasteiger partial charge in [0.15, 0.2) is 0 Å². The first-order valence-electron chi connectivity index (χ1n) is 7.65. The van der Waals surface area contributed by atoms with E-state index in [0.29, 0.717) is 6.54 Å². The minimum absolute atomic E-state index is 0.0795. The van der Waals surface area contributed by atoms with Crippen LogP contribution in [0.4, 0.5) is 4.79 Å². The summed E-state index contributed by atoms with van der Waals surface area (Å²) in [5, 5.41) is 2.52. The zero-order chi connectivity index (χ0) is 14.0. The van der Waals surface area contributed by atoms with Crippen molar-refractivity contribution in [2.24, 2.45) is 0 Å². The average molecular weight is 281 g/mol. The Balaban J connectivity index is 1.65. The number of urea groups is 1. The molecule has 1 spiro atoms. The fourth-order valence-electron chi connectivity index (χ4n) is 3.61. The SMILES string of the molecule is O=C1NC(=O)C2(CCCCC2)N1CCN1CCOCC1. The first-order valence-corrected chi connectivity index (χ1v) is 7.65. The van der Waals surface area contributed by atoms with Crippen molar-refractivity contribution in [1.29, 1.82) is 0 Å². The van der Waals surface area contributed by atoms with E-state index in [4.69, 9.17) is 4.74 Å². The fraction of sp³-hybridized carbons (Fsp3) is 0.857. The van der Waals surface area contributed by atoms with Crippen LogP contribution in [0.15, 0.2) is 0 Å². The van der Waals surface area contributed by atoms with Gasteiger partial charge in [-0.3, -0.25) is 15.0 Å². The highest BCUT2D eigenvalue weighted by Gasteiger charge is 2.52. The van der Waals surface area contributed by atoms with Gasteiger partial charge in [0.1, 0.15) is 5.54 Å². The van der Waals surface area contributed by atoms with Gasteiger partial charge in [0.2, 0.25) is 0 Å². The Labute approximate surface area is 119 Å². The summed E-state index contributed by atoms with van der Waals surface area (Å²) >= 11 is 0. The minimum Gasteiger partial charge on any atom is -0.379 e. The van der Waals surface area contributed by atoms with E-state index in [1.54, 1.807) is 4.90 Å².